The highest BCUT2D eigenvalue weighted by molar-refractivity contribution is 5.76. The van der Waals surface area contributed by atoms with E-state index in [1.807, 2.05) is 0 Å². The number of hydrogen-bond acceptors (Lipinski definition) is 4. The lowest BCUT2D eigenvalue weighted by molar-refractivity contribution is -0.125. The number of carbonyl (C=O) groups is 1. The van der Waals surface area contributed by atoms with Crippen LogP contribution in [0.25, 0.3) is 0 Å². The van der Waals surface area contributed by atoms with Gasteiger partial charge in [-0.15, -0.1) is 0 Å². The van der Waals surface area contributed by atoms with Gasteiger partial charge >= 0.3 is 0 Å². The molecule has 61 heavy (non-hydrogen) atoms. The van der Waals surface area contributed by atoms with Gasteiger partial charge in [0.15, 0.2) is 0 Å². The van der Waals surface area contributed by atoms with Crippen molar-refractivity contribution in [1.82, 2.24) is 5.32 Å². The zero-order valence-electron chi connectivity index (χ0n) is 41.6. The first-order valence-electron chi connectivity index (χ1n) is 28.0. The molecule has 0 radical (unpaired) electrons. The Bertz CT molecular complexity index is 864. The van der Waals surface area contributed by atoms with E-state index < -0.39 is 18.2 Å². The summed E-state index contributed by atoms with van der Waals surface area (Å²) in [5, 5.41) is 33.6. The molecule has 0 rings (SSSR count). The van der Waals surface area contributed by atoms with Crippen molar-refractivity contribution in [3.8, 4) is 0 Å². The van der Waals surface area contributed by atoms with Gasteiger partial charge in [0.05, 0.1) is 31.3 Å². The molecule has 3 atom stereocenters. The number of aliphatic hydroxyl groups excluding tert-OH is 3. The molecule has 5 nitrogen and oxygen atoms in total. The van der Waals surface area contributed by atoms with Gasteiger partial charge in [-0.05, 0) is 38.5 Å². The van der Waals surface area contributed by atoms with E-state index in [1.54, 1.807) is 0 Å². The van der Waals surface area contributed by atoms with Crippen LogP contribution < -0.4 is 5.32 Å². The molecule has 3 unspecified atom stereocenters. The molecule has 0 fully saturated rings. The average Bonchev–Trinajstić information content (AvgIpc) is 3.25. The highest BCUT2D eigenvalue weighted by Gasteiger charge is 2.21. The van der Waals surface area contributed by atoms with Crippen LogP contribution in [0.5, 0.6) is 0 Å². The number of allylic oxidation sites excluding steroid dienone is 2. The Morgan fingerprint density at radius 2 is 0.656 bits per heavy atom. The monoisotopic (exact) mass is 862 g/mol. The number of nitrogens with one attached hydrogen (secondary N) is 1. The molecule has 4 N–H and O–H groups in total. The number of unbranched alkanes of at least 4 members (excludes halogenated alkanes) is 41. The number of aliphatic hydroxyl groups is 3. The zero-order valence-corrected chi connectivity index (χ0v) is 41.6. The number of hydrogen-bond donors (Lipinski definition) is 4. The normalized spacial score (nSPS) is 13.3. The van der Waals surface area contributed by atoms with Crippen LogP contribution in [0.1, 0.15) is 316 Å². The van der Waals surface area contributed by atoms with E-state index in [-0.39, 0.29) is 18.9 Å². The van der Waals surface area contributed by atoms with Crippen molar-refractivity contribution < 1.29 is 20.1 Å². The summed E-state index contributed by atoms with van der Waals surface area (Å²) in [5.74, 6) is -0.278. The van der Waals surface area contributed by atoms with Crippen LogP contribution in [0.15, 0.2) is 12.2 Å². The van der Waals surface area contributed by atoms with Crippen LogP contribution in [0.2, 0.25) is 0 Å². The first-order chi connectivity index (χ1) is 30.0. The fourth-order valence-electron chi connectivity index (χ4n) is 9.05. The van der Waals surface area contributed by atoms with Crippen LogP contribution in [0.3, 0.4) is 0 Å². The van der Waals surface area contributed by atoms with Crippen molar-refractivity contribution in [3.63, 3.8) is 0 Å². The van der Waals surface area contributed by atoms with E-state index >= 15 is 0 Å². The molecule has 5 heteroatoms. The maximum atomic E-state index is 12.5. The Balaban J connectivity index is 3.52. The quantitative estimate of drug-likeness (QED) is 0.0362. The number of carbonyl (C=O) groups excluding carboxylic acids is 1. The van der Waals surface area contributed by atoms with Gasteiger partial charge in [-0.3, -0.25) is 4.79 Å². The standard InChI is InChI=1S/C56H111NO4/c1-3-5-7-9-11-13-15-17-19-21-23-25-26-27-28-29-30-31-33-35-37-39-41-43-45-47-49-53(59)51-56(61)57-54(52-58)55(60)50-48-46-44-42-40-38-36-34-32-24-22-20-18-16-14-12-10-8-6-4-2/h27-28,53-55,58-60H,3-26,29-52H2,1-2H3,(H,57,61)/b28-27-. The molecule has 0 bridgehead atoms. The molecule has 0 aromatic heterocycles. The van der Waals surface area contributed by atoms with Gasteiger partial charge in [0.1, 0.15) is 0 Å². The third-order valence-electron chi connectivity index (χ3n) is 13.3. The van der Waals surface area contributed by atoms with E-state index in [1.165, 1.54) is 257 Å². The summed E-state index contributed by atoms with van der Waals surface area (Å²) in [5.41, 5.74) is 0. The van der Waals surface area contributed by atoms with Crippen molar-refractivity contribution in [2.24, 2.45) is 0 Å². The lowest BCUT2D eigenvalue weighted by atomic mass is 10.0. The fourth-order valence-corrected chi connectivity index (χ4v) is 9.05. The minimum Gasteiger partial charge on any atom is -0.394 e. The van der Waals surface area contributed by atoms with Gasteiger partial charge in [-0.1, -0.05) is 283 Å². The second-order valence-corrected chi connectivity index (χ2v) is 19.6. The van der Waals surface area contributed by atoms with Crippen LogP contribution >= 0.6 is 0 Å². The maximum Gasteiger partial charge on any atom is 0.222 e. The summed E-state index contributed by atoms with van der Waals surface area (Å²) in [6, 6.07) is -0.657. The van der Waals surface area contributed by atoms with Gasteiger partial charge in [0, 0.05) is 0 Å². The maximum absolute atomic E-state index is 12.5. The summed E-state index contributed by atoms with van der Waals surface area (Å²) in [7, 11) is 0. The van der Waals surface area contributed by atoms with Gasteiger partial charge < -0.3 is 20.6 Å². The van der Waals surface area contributed by atoms with Gasteiger partial charge in [0.2, 0.25) is 5.91 Å². The molecule has 0 aliphatic rings. The first kappa shape index (κ1) is 60.1. The van der Waals surface area contributed by atoms with E-state index in [2.05, 4.69) is 31.3 Å². The Hall–Kier alpha value is -0.910. The summed E-state index contributed by atoms with van der Waals surface area (Å²) < 4.78 is 0. The smallest absolute Gasteiger partial charge is 0.222 e. The largest absolute Gasteiger partial charge is 0.394 e. The van der Waals surface area contributed by atoms with Gasteiger partial charge in [0.25, 0.3) is 0 Å². The zero-order chi connectivity index (χ0) is 44.4. The predicted molar refractivity (Wildman–Crippen MR) is 269 cm³/mol. The van der Waals surface area contributed by atoms with Crippen molar-refractivity contribution in [2.45, 2.75) is 334 Å². The molecule has 0 aromatic rings. The summed E-state index contributed by atoms with van der Waals surface area (Å²) >= 11 is 0. The summed E-state index contributed by atoms with van der Waals surface area (Å²) in [6.07, 6.45) is 63.6. The third-order valence-corrected chi connectivity index (χ3v) is 13.3. The highest BCUT2D eigenvalue weighted by Crippen LogP contribution is 2.18. The fraction of sp³-hybridized carbons (Fsp3) is 0.946. The number of amides is 1. The van der Waals surface area contributed by atoms with Crippen molar-refractivity contribution in [1.29, 1.82) is 0 Å². The Labute approximate surface area is 382 Å². The molecule has 0 aromatic carbocycles. The Kier molecular flexibility index (Phi) is 51.0. The highest BCUT2D eigenvalue weighted by atomic mass is 16.3. The van der Waals surface area contributed by atoms with Crippen LogP contribution in [-0.4, -0.2) is 46.1 Å². The first-order valence-corrected chi connectivity index (χ1v) is 28.0. The third kappa shape index (κ3) is 48.4. The topological polar surface area (TPSA) is 89.8 Å². The lowest BCUT2D eigenvalue weighted by Crippen LogP contribution is -2.46. The van der Waals surface area contributed by atoms with Gasteiger partial charge in [-0.25, -0.2) is 0 Å². The molecule has 0 spiro atoms. The molecule has 0 aliphatic carbocycles. The minimum absolute atomic E-state index is 0.0394. The Morgan fingerprint density at radius 3 is 0.951 bits per heavy atom. The Morgan fingerprint density at radius 1 is 0.393 bits per heavy atom. The van der Waals surface area contributed by atoms with Crippen LogP contribution in [0.4, 0.5) is 0 Å². The molecule has 0 saturated heterocycles. The second-order valence-electron chi connectivity index (χ2n) is 19.6. The summed E-state index contributed by atoms with van der Waals surface area (Å²) in [4.78, 5) is 12.5. The van der Waals surface area contributed by atoms with Gasteiger partial charge in [-0.2, -0.15) is 0 Å². The SMILES string of the molecule is CCCCCCCCCCCCCC/C=C\CCCCCCCCCCCCC(O)CC(=O)NC(CO)C(O)CCCCCCCCCCCCCCCCCCCCCC. The molecule has 0 heterocycles. The van der Waals surface area contributed by atoms with E-state index in [0.717, 1.165) is 25.7 Å². The molecular weight excluding hydrogens is 751 g/mol. The second kappa shape index (κ2) is 51.7. The molecule has 364 valence electrons. The van der Waals surface area contributed by atoms with Crippen LogP contribution in [-0.2, 0) is 4.79 Å². The van der Waals surface area contributed by atoms with E-state index in [0.29, 0.717) is 12.8 Å². The van der Waals surface area contributed by atoms with Crippen LogP contribution in [0, 0.1) is 0 Å². The molecule has 0 aliphatic heterocycles. The molecule has 0 saturated carbocycles. The van der Waals surface area contributed by atoms with Crippen molar-refractivity contribution in [3.05, 3.63) is 12.2 Å². The minimum atomic E-state index is -0.748. The van der Waals surface area contributed by atoms with Crippen molar-refractivity contribution >= 4 is 5.91 Å². The molecule has 1 amide bonds. The van der Waals surface area contributed by atoms with Crippen molar-refractivity contribution in [2.75, 3.05) is 6.61 Å². The van der Waals surface area contributed by atoms with E-state index in [9.17, 15) is 20.1 Å². The molecular formula is C56H111NO4. The lowest BCUT2D eigenvalue weighted by Gasteiger charge is -2.23. The van der Waals surface area contributed by atoms with E-state index in [4.69, 9.17) is 0 Å². The predicted octanol–water partition coefficient (Wildman–Crippen LogP) is 17.1. The average molecular weight is 863 g/mol. The summed E-state index contributed by atoms with van der Waals surface area (Å²) in [6.45, 7) is 4.30. The number of rotatable bonds is 52.